The first-order valence-electron chi connectivity index (χ1n) is 9.34. The SMILES string of the molecule is CCCCCCCCCCCCCCN(C)CCOP(=O)(O)O.[H-].[Na+]. The van der Waals surface area contributed by atoms with Gasteiger partial charge in [-0.2, -0.15) is 0 Å². The van der Waals surface area contributed by atoms with Gasteiger partial charge in [-0.3, -0.25) is 4.52 Å². The third-order valence-corrected chi connectivity index (χ3v) is 4.64. The topological polar surface area (TPSA) is 70.0 Å². The smallest absolute Gasteiger partial charge is 1.00 e. The molecule has 0 saturated heterocycles. The number of unbranched alkanes of at least 4 members (excludes halogenated alkanes) is 11. The fourth-order valence-electron chi connectivity index (χ4n) is 2.65. The maximum atomic E-state index is 10.5. The van der Waals surface area contributed by atoms with Crippen LogP contribution in [0.5, 0.6) is 0 Å². The largest absolute Gasteiger partial charge is 1.00 e. The molecule has 0 saturated carbocycles. The summed E-state index contributed by atoms with van der Waals surface area (Å²) in [6, 6.07) is 0. The second-order valence-corrected chi connectivity index (χ2v) is 7.76. The van der Waals surface area contributed by atoms with Crippen LogP contribution in [0.15, 0.2) is 0 Å². The summed E-state index contributed by atoms with van der Waals surface area (Å²) in [5.74, 6) is 0. The van der Waals surface area contributed by atoms with Gasteiger partial charge in [0.15, 0.2) is 0 Å². The predicted octanol–water partition coefficient (Wildman–Crippen LogP) is 1.85. The quantitative estimate of drug-likeness (QED) is 0.231. The van der Waals surface area contributed by atoms with Crippen LogP contribution in [0.3, 0.4) is 0 Å². The number of likely N-dealkylation sites (N-methyl/N-ethyl adjacent to an activating group) is 1. The Morgan fingerprint density at radius 3 is 1.67 bits per heavy atom. The van der Waals surface area contributed by atoms with E-state index >= 15 is 0 Å². The number of nitrogens with zero attached hydrogens (tertiary/aromatic N) is 1. The zero-order valence-corrected chi connectivity index (χ0v) is 19.1. The molecule has 0 rings (SSSR count). The maximum absolute atomic E-state index is 10.5. The van der Waals surface area contributed by atoms with Crippen LogP contribution in [0.4, 0.5) is 0 Å². The fourth-order valence-corrected chi connectivity index (χ4v) is 2.97. The van der Waals surface area contributed by atoms with Crippen molar-refractivity contribution in [1.82, 2.24) is 4.90 Å². The van der Waals surface area contributed by atoms with Crippen molar-refractivity contribution in [3.8, 4) is 0 Å². The van der Waals surface area contributed by atoms with Crippen molar-refractivity contribution in [2.75, 3.05) is 26.7 Å². The maximum Gasteiger partial charge on any atom is 1.00 e. The van der Waals surface area contributed by atoms with Gasteiger partial charge < -0.3 is 16.1 Å². The summed E-state index contributed by atoms with van der Waals surface area (Å²) in [5.41, 5.74) is 0. The van der Waals surface area contributed by atoms with Crippen molar-refractivity contribution < 1.29 is 49.9 Å². The van der Waals surface area contributed by atoms with E-state index in [0.717, 1.165) is 13.0 Å². The van der Waals surface area contributed by atoms with Crippen LogP contribution in [0.25, 0.3) is 0 Å². The van der Waals surface area contributed by atoms with E-state index in [1.807, 2.05) is 7.05 Å². The van der Waals surface area contributed by atoms with Crippen molar-refractivity contribution in [1.29, 1.82) is 0 Å². The number of rotatable bonds is 17. The third-order valence-electron chi connectivity index (χ3n) is 4.13. The molecule has 0 fully saturated rings. The summed E-state index contributed by atoms with van der Waals surface area (Å²) < 4.78 is 15.0. The molecule has 142 valence electrons. The van der Waals surface area contributed by atoms with E-state index in [2.05, 4.69) is 16.3 Å². The zero-order valence-electron chi connectivity index (χ0n) is 17.2. The van der Waals surface area contributed by atoms with Crippen LogP contribution in [0.2, 0.25) is 0 Å². The van der Waals surface area contributed by atoms with E-state index in [0.29, 0.717) is 6.54 Å². The predicted molar refractivity (Wildman–Crippen MR) is 97.7 cm³/mol. The van der Waals surface area contributed by atoms with E-state index in [1.165, 1.54) is 70.6 Å². The molecule has 0 aromatic heterocycles. The molecule has 0 aromatic carbocycles. The molecule has 5 nitrogen and oxygen atoms in total. The summed E-state index contributed by atoms with van der Waals surface area (Å²) in [4.78, 5) is 19.2. The molecule has 0 heterocycles. The van der Waals surface area contributed by atoms with Gasteiger partial charge in [0.05, 0.1) is 6.61 Å². The van der Waals surface area contributed by atoms with E-state index < -0.39 is 7.82 Å². The second kappa shape index (κ2) is 18.8. The average molecular weight is 375 g/mol. The van der Waals surface area contributed by atoms with Gasteiger partial charge >= 0.3 is 37.4 Å². The Kier molecular flexibility index (Phi) is 21.4. The summed E-state index contributed by atoms with van der Waals surface area (Å²) in [6.45, 7) is 3.86. The molecule has 0 aliphatic rings. The molecule has 2 N–H and O–H groups in total. The van der Waals surface area contributed by atoms with Crippen molar-refractivity contribution in [2.24, 2.45) is 0 Å². The average Bonchev–Trinajstić information content (AvgIpc) is 2.47. The van der Waals surface area contributed by atoms with E-state index in [9.17, 15) is 4.57 Å². The van der Waals surface area contributed by atoms with Crippen LogP contribution in [-0.4, -0.2) is 41.4 Å². The number of hydrogen-bond donors (Lipinski definition) is 2. The number of hydrogen-bond acceptors (Lipinski definition) is 3. The Morgan fingerprint density at radius 2 is 1.25 bits per heavy atom. The van der Waals surface area contributed by atoms with Crippen molar-refractivity contribution in [3.05, 3.63) is 0 Å². The molecular formula is C17H39NNaO4P. The summed E-state index contributed by atoms with van der Waals surface area (Å²) >= 11 is 0. The Hall–Kier alpha value is 1.07. The molecule has 0 aliphatic heterocycles. The number of phosphoric ester groups is 1. The monoisotopic (exact) mass is 375 g/mol. The molecule has 7 heteroatoms. The van der Waals surface area contributed by atoms with Gasteiger partial charge in [0, 0.05) is 6.54 Å². The molecule has 0 amide bonds. The van der Waals surface area contributed by atoms with Gasteiger partial charge in [0.2, 0.25) is 0 Å². The van der Waals surface area contributed by atoms with Gasteiger partial charge in [0.1, 0.15) is 0 Å². The van der Waals surface area contributed by atoms with Crippen molar-refractivity contribution in [2.45, 2.75) is 84.0 Å². The first-order chi connectivity index (χ1) is 11.0. The van der Waals surface area contributed by atoms with Crippen LogP contribution in [0, 0.1) is 0 Å². The first-order valence-corrected chi connectivity index (χ1v) is 10.9. The van der Waals surface area contributed by atoms with Crippen LogP contribution in [0.1, 0.15) is 85.4 Å². The molecular weight excluding hydrogens is 336 g/mol. The standard InChI is InChI=1S/C17H38NO4P.Na.H/c1-3-4-5-6-7-8-9-10-11-12-13-14-15-18(2)16-17-22-23(19,20)21;;/h3-17H2,1-2H3,(H2,19,20,21);;/q;+1;-1. The van der Waals surface area contributed by atoms with Gasteiger partial charge in [-0.25, -0.2) is 4.57 Å². The van der Waals surface area contributed by atoms with Crippen molar-refractivity contribution >= 4 is 7.82 Å². The number of phosphoric acid groups is 1. The third kappa shape index (κ3) is 23.1. The Morgan fingerprint density at radius 1 is 0.833 bits per heavy atom. The fraction of sp³-hybridized carbons (Fsp3) is 1.00. The Bertz CT molecular complexity index is 308. The van der Waals surface area contributed by atoms with Gasteiger partial charge in [0.25, 0.3) is 0 Å². The molecule has 0 aromatic rings. The molecule has 0 unspecified atom stereocenters. The molecule has 0 spiro atoms. The van der Waals surface area contributed by atoms with Crippen LogP contribution >= 0.6 is 7.82 Å². The molecule has 0 atom stereocenters. The van der Waals surface area contributed by atoms with Crippen LogP contribution < -0.4 is 29.6 Å². The summed E-state index contributed by atoms with van der Waals surface area (Å²) in [6.07, 6.45) is 16.1. The second-order valence-electron chi connectivity index (χ2n) is 6.52. The van der Waals surface area contributed by atoms with Gasteiger partial charge in [-0.1, -0.05) is 77.6 Å². The summed E-state index contributed by atoms with van der Waals surface area (Å²) in [5, 5.41) is 0. The normalized spacial score (nSPS) is 11.7. The van der Waals surface area contributed by atoms with E-state index in [4.69, 9.17) is 9.79 Å². The molecule has 24 heavy (non-hydrogen) atoms. The summed E-state index contributed by atoms with van der Waals surface area (Å²) in [7, 11) is -2.35. The van der Waals surface area contributed by atoms with E-state index in [-0.39, 0.29) is 37.6 Å². The molecule has 0 radical (unpaired) electrons. The van der Waals surface area contributed by atoms with Crippen molar-refractivity contribution in [3.63, 3.8) is 0 Å². The van der Waals surface area contributed by atoms with E-state index in [1.54, 1.807) is 0 Å². The minimum absolute atomic E-state index is 0. The first kappa shape index (κ1) is 27.3. The molecule has 0 bridgehead atoms. The minimum atomic E-state index is -4.31. The van der Waals surface area contributed by atoms with Gasteiger partial charge in [-0.05, 0) is 20.0 Å². The zero-order chi connectivity index (χ0) is 17.4. The van der Waals surface area contributed by atoms with Gasteiger partial charge in [-0.15, -0.1) is 0 Å². The Labute approximate surface area is 172 Å². The Balaban J connectivity index is -0.00000242. The molecule has 0 aliphatic carbocycles. The minimum Gasteiger partial charge on any atom is -1.00 e. The van der Waals surface area contributed by atoms with Crippen LogP contribution in [-0.2, 0) is 9.09 Å².